The Balaban J connectivity index is 2.89. The Morgan fingerprint density at radius 3 is 2.80 bits per heavy atom. The third kappa shape index (κ3) is 1.24. The number of hydrogen-bond acceptors (Lipinski definition) is 3. The van der Waals surface area contributed by atoms with Crippen LogP contribution in [-0.4, -0.2) is 25.7 Å². The first-order valence-corrected chi connectivity index (χ1v) is 4.39. The van der Waals surface area contributed by atoms with Gasteiger partial charge in [0.2, 0.25) is 0 Å². The van der Waals surface area contributed by atoms with Crippen LogP contribution >= 0.6 is 0 Å². The lowest BCUT2D eigenvalue weighted by Gasteiger charge is -2.01. The lowest BCUT2D eigenvalue weighted by atomic mass is 10.1. The average molecular weight is 206 g/mol. The van der Waals surface area contributed by atoms with E-state index >= 15 is 0 Å². The van der Waals surface area contributed by atoms with Gasteiger partial charge in [0.05, 0.1) is 5.39 Å². The van der Waals surface area contributed by atoms with Gasteiger partial charge < -0.3 is 14.8 Å². The van der Waals surface area contributed by atoms with Gasteiger partial charge in [-0.15, -0.1) is 0 Å². The van der Waals surface area contributed by atoms with Gasteiger partial charge >= 0.3 is 5.97 Å². The molecule has 15 heavy (non-hydrogen) atoms. The van der Waals surface area contributed by atoms with Crippen LogP contribution in [0.3, 0.4) is 0 Å². The Hall–Kier alpha value is -2.04. The van der Waals surface area contributed by atoms with Crippen molar-refractivity contribution in [2.24, 2.45) is 7.05 Å². The van der Waals surface area contributed by atoms with Crippen LogP contribution in [0.25, 0.3) is 11.0 Å². The maximum absolute atomic E-state index is 10.8. The summed E-state index contributed by atoms with van der Waals surface area (Å²) in [7, 11) is 1.79. The molecule has 0 fully saturated rings. The standard InChI is InChI=1S/C10H10N2O3/c1-5-4-12(2)9-7(5)8(13)6(3-11-9)10(14)15/h3-4H,1-2H3,(H,11,13)(H,14,15). The summed E-state index contributed by atoms with van der Waals surface area (Å²) in [6, 6.07) is 0. The van der Waals surface area contributed by atoms with Crippen LogP contribution in [0, 0.1) is 6.92 Å². The molecule has 2 N–H and O–H groups in total. The molecular weight excluding hydrogens is 196 g/mol. The molecule has 0 unspecified atom stereocenters. The molecular formula is C10H10N2O3. The molecule has 2 rings (SSSR count). The number of fused-ring (bicyclic) bond motifs is 1. The SMILES string of the molecule is Cc1cn(C)c2ncc(C(=O)O)c(O)c12. The third-order valence-electron chi connectivity index (χ3n) is 2.38. The molecule has 0 atom stereocenters. The number of carbonyl (C=O) groups is 1. The van der Waals surface area contributed by atoms with E-state index in [-0.39, 0.29) is 11.3 Å². The molecule has 2 heterocycles. The molecule has 0 radical (unpaired) electrons. The van der Waals surface area contributed by atoms with Crippen LogP contribution in [-0.2, 0) is 7.05 Å². The minimum absolute atomic E-state index is 0.170. The largest absolute Gasteiger partial charge is 0.506 e. The highest BCUT2D eigenvalue weighted by atomic mass is 16.4. The maximum atomic E-state index is 10.8. The molecule has 0 aliphatic carbocycles. The van der Waals surface area contributed by atoms with Crippen LogP contribution < -0.4 is 0 Å². The van der Waals surface area contributed by atoms with Crippen molar-refractivity contribution in [3.63, 3.8) is 0 Å². The second-order valence-electron chi connectivity index (χ2n) is 3.45. The first-order valence-electron chi connectivity index (χ1n) is 4.39. The number of carboxylic acid groups (broad SMARTS) is 1. The lowest BCUT2D eigenvalue weighted by molar-refractivity contribution is 0.0693. The van der Waals surface area contributed by atoms with Crippen LogP contribution in [0.5, 0.6) is 5.75 Å². The number of rotatable bonds is 1. The van der Waals surface area contributed by atoms with Gasteiger partial charge in [0.15, 0.2) is 0 Å². The summed E-state index contributed by atoms with van der Waals surface area (Å²) in [4.78, 5) is 14.8. The second kappa shape index (κ2) is 2.98. The van der Waals surface area contributed by atoms with E-state index in [1.165, 1.54) is 6.20 Å². The quantitative estimate of drug-likeness (QED) is 0.737. The van der Waals surface area contributed by atoms with Gasteiger partial charge in [-0.05, 0) is 12.5 Å². The van der Waals surface area contributed by atoms with E-state index in [4.69, 9.17) is 5.11 Å². The van der Waals surface area contributed by atoms with E-state index in [9.17, 15) is 9.90 Å². The Morgan fingerprint density at radius 1 is 1.53 bits per heavy atom. The van der Waals surface area contributed by atoms with Gasteiger partial charge in [0.1, 0.15) is 17.0 Å². The van der Waals surface area contributed by atoms with E-state index < -0.39 is 5.97 Å². The fourth-order valence-electron chi connectivity index (χ4n) is 1.70. The van der Waals surface area contributed by atoms with Gasteiger partial charge in [-0.3, -0.25) is 0 Å². The molecule has 0 aliphatic rings. The Kier molecular flexibility index (Phi) is 1.89. The maximum Gasteiger partial charge on any atom is 0.341 e. The zero-order chi connectivity index (χ0) is 11.2. The van der Waals surface area contributed by atoms with Crippen molar-refractivity contribution in [1.29, 1.82) is 0 Å². The van der Waals surface area contributed by atoms with Gasteiger partial charge in [-0.1, -0.05) is 0 Å². The Labute approximate surface area is 85.6 Å². The van der Waals surface area contributed by atoms with Crippen molar-refractivity contribution in [3.05, 3.63) is 23.5 Å². The Morgan fingerprint density at radius 2 is 2.20 bits per heavy atom. The van der Waals surface area contributed by atoms with Gasteiger partial charge in [0.25, 0.3) is 0 Å². The molecule has 0 spiro atoms. The molecule has 0 saturated heterocycles. The summed E-state index contributed by atoms with van der Waals surface area (Å²) >= 11 is 0. The van der Waals surface area contributed by atoms with E-state index in [0.717, 1.165) is 5.56 Å². The molecule has 0 aliphatic heterocycles. The van der Waals surface area contributed by atoms with Crippen molar-refractivity contribution in [3.8, 4) is 5.75 Å². The lowest BCUT2D eigenvalue weighted by Crippen LogP contribution is -1.99. The summed E-state index contributed by atoms with van der Waals surface area (Å²) in [5.74, 6) is -1.39. The summed E-state index contributed by atoms with van der Waals surface area (Å²) in [6.07, 6.45) is 2.96. The number of aromatic hydroxyl groups is 1. The van der Waals surface area contributed by atoms with Crippen LogP contribution in [0.15, 0.2) is 12.4 Å². The Bertz CT molecular complexity index is 557. The fraction of sp³-hybridized carbons (Fsp3) is 0.200. The number of hydrogen-bond donors (Lipinski definition) is 2. The second-order valence-corrected chi connectivity index (χ2v) is 3.45. The average Bonchev–Trinajstić information content (AvgIpc) is 2.43. The predicted molar refractivity (Wildman–Crippen MR) is 54.1 cm³/mol. The predicted octanol–water partition coefficient (Wildman–Crippen LogP) is 1.29. The van der Waals surface area contributed by atoms with E-state index in [0.29, 0.717) is 11.0 Å². The van der Waals surface area contributed by atoms with E-state index in [1.807, 2.05) is 0 Å². The van der Waals surface area contributed by atoms with Crippen LogP contribution in [0.1, 0.15) is 15.9 Å². The molecule has 5 nitrogen and oxygen atoms in total. The van der Waals surface area contributed by atoms with Crippen LogP contribution in [0.4, 0.5) is 0 Å². The van der Waals surface area contributed by atoms with Crippen molar-refractivity contribution in [1.82, 2.24) is 9.55 Å². The molecule has 2 aromatic heterocycles. The zero-order valence-corrected chi connectivity index (χ0v) is 8.35. The van der Waals surface area contributed by atoms with E-state index in [1.54, 1.807) is 24.7 Å². The normalized spacial score (nSPS) is 10.8. The molecule has 5 heteroatoms. The van der Waals surface area contributed by atoms with E-state index in [2.05, 4.69) is 4.98 Å². The number of aromatic nitrogens is 2. The molecule has 0 aromatic carbocycles. The summed E-state index contributed by atoms with van der Waals surface area (Å²) < 4.78 is 1.75. The molecule has 2 aromatic rings. The number of nitrogens with zero attached hydrogens (tertiary/aromatic N) is 2. The topological polar surface area (TPSA) is 75.4 Å². The summed E-state index contributed by atoms with van der Waals surface area (Å²) in [5.41, 5.74) is 1.22. The highest BCUT2D eigenvalue weighted by molar-refractivity contribution is 5.99. The van der Waals surface area contributed by atoms with Gasteiger partial charge in [-0.2, -0.15) is 0 Å². The van der Waals surface area contributed by atoms with Crippen LogP contribution in [0.2, 0.25) is 0 Å². The van der Waals surface area contributed by atoms with Crippen molar-refractivity contribution >= 4 is 17.0 Å². The first kappa shape index (κ1) is 9.51. The number of aryl methyl sites for hydroxylation is 2. The zero-order valence-electron chi connectivity index (χ0n) is 8.35. The molecule has 0 saturated carbocycles. The highest BCUT2D eigenvalue weighted by Gasteiger charge is 2.17. The minimum atomic E-state index is -1.18. The summed E-state index contributed by atoms with van der Waals surface area (Å²) in [5, 5.41) is 19.1. The van der Waals surface area contributed by atoms with Crippen molar-refractivity contribution in [2.75, 3.05) is 0 Å². The summed E-state index contributed by atoms with van der Waals surface area (Å²) in [6.45, 7) is 1.80. The smallest absolute Gasteiger partial charge is 0.341 e. The molecule has 0 amide bonds. The minimum Gasteiger partial charge on any atom is -0.506 e. The number of pyridine rings is 1. The van der Waals surface area contributed by atoms with Gasteiger partial charge in [0, 0.05) is 19.4 Å². The fourth-order valence-corrected chi connectivity index (χ4v) is 1.70. The highest BCUT2D eigenvalue weighted by Crippen LogP contribution is 2.30. The third-order valence-corrected chi connectivity index (χ3v) is 2.38. The number of carboxylic acids is 1. The van der Waals surface area contributed by atoms with Gasteiger partial charge in [-0.25, -0.2) is 9.78 Å². The monoisotopic (exact) mass is 206 g/mol. The van der Waals surface area contributed by atoms with Crippen molar-refractivity contribution in [2.45, 2.75) is 6.92 Å². The number of aromatic carboxylic acids is 1. The molecule has 78 valence electrons. The first-order chi connectivity index (χ1) is 7.02. The van der Waals surface area contributed by atoms with Crippen molar-refractivity contribution < 1.29 is 15.0 Å². The molecule has 0 bridgehead atoms.